The minimum atomic E-state index is -0.541. The molecule has 0 radical (unpaired) electrons. The van der Waals surface area contributed by atoms with Gasteiger partial charge in [0.2, 0.25) is 12.7 Å². The van der Waals surface area contributed by atoms with E-state index in [1.807, 2.05) is 17.0 Å². The maximum absolute atomic E-state index is 13.4. The zero-order valence-corrected chi connectivity index (χ0v) is 20.1. The molecule has 0 aliphatic carbocycles. The van der Waals surface area contributed by atoms with Crippen molar-refractivity contribution in [3.05, 3.63) is 23.8 Å². The molecule has 186 valence electrons. The van der Waals surface area contributed by atoms with E-state index in [1.54, 1.807) is 4.90 Å². The Hall–Kier alpha value is -3.01. The van der Waals surface area contributed by atoms with Crippen molar-refractivity contribution >= 4 is 17.6 Å². The number of piperazine rings is 1. The van der Waals surface area contributed by atoms with E-state index >= 15 is 0 Å². The Morgan fingerprint density at radius 2 is 1.94 bits per heavy atom. The first-order valence-electron chi connectivity index (χ1n) is 12.1. The molecule has 3 amide bonds. The number of ether oxygens (including phenoxy) is 2. The largest absolute Gasteiger partial charge is 0.454 e. The molecule has 0 unspecified atom stereocenters. The maximum atomic E-state index is 13.4. The van der Waals surface area contributed by atoms with Gasteiger partial charge in [-0.2, -0.15) is 0 Å². The minimum Gasteiger partial charge on any atom is -0.454 e. The molecule has 1 atom stereocenters. The molecule has 3 heterocycles. The highest BCUT2D eigenvalue weighted by Crippen LogP contribution is 2.33. The van der Waals surface area contributed by atoms with Gasteiger partial charge in [0.15, 0.2) is 11.5 Å². The quantitative estimate of drug-likeness (QED) is 0.459. The number of hydrogen-bond acceptors (Lipinski definition) is 7. The molecule has 4 rings (SSSR count). The second-order valence-corrected chi connectivity index (χ2v) is 8.92. The van der Waals surface area contributed by atoms with Crippen LogP contribution in [0.15, 0.2) is 23.4 Å². The highest BCUT2D eigenvalue weighted by atomic mass is 16.7. The standard InChI is InChI=1S/C24H35N5O5/c1-3-4-5-8-25-24(31)29-16-19(26-32-2)14-20(29)23(30)28-11-9-27(10-12-28)15-18-6-7-21-22(13-18)34-17-33-21/h6-7,13,20H,3-5,8-12,14-17H2,1-2H3,(H,25,31)/t20-/m0/s1. The number of likely N-dealkylation sites (tertiary alicyclic amines) is 1. The van der Waals surface area contributed by atoms with E-state index in [1.165, 1.54) is 7.11 Å². The zero-order chi connectivity index (χ0) is 23.9. The van der Waals surface area contributed by atoms with Gasteiger partial charge >= 0.3 is 6.03 Å². The number of nitrogens with zero attached hydrogens (tertiary/aromatic N) is 4. The molecule has 3 aliphatic rings. The van der Waals surface area contributed by atoms with E-state index in [-0.39, 0.29) is 18.7 Å². The summed E-state index contributed by atoms with van der Waals surface area (Å²) in [5.41, 5.74) is 1.87. The van der Waals surface area contributed by atoms with E-state index in [4.69, 9.17) is 14.3 Å². The molecule has 0 bridgehead atoms. The van der Waals surface area contributed by atoms with Crippen LogP contribution in [0.3, 0.4) is 0 Å². The summed E-state index contributed by atoms with van der Waals surface area (Å²) in [5.74, 6) is 1.55. The fourth-order valence-corrected chi connectivity index (χ4v) is 4.64. The fourth-order valence-electron chi connectivity index (χ4n) is 4.64. The van der Waals surface area contributed by atoms with Gasteiger partial charge in [-0.1, -0.05) is 31.0 Å². The lowest BCUT2D eigenvalue weighted by molar-refractivity contribution is -0.137. The van der Waals surface area contributed by atoms with Crippen LogP contribution in [-0.4, -0.2) is 91.6 Å². The molecule has 10 heteroatoms. The third-order valence-corrected chi connectivity index (χ3v) is 6.51. The second kappa shape index (κ2) is 11.4. The number of carbonyl (C=O) groups excluding carboxylic acids is 2. The van der Waals surface area contributed by atoms with Crippen LogP contribution in [-0.2, 0) is 16.2 Å². The van der Waals surface area contributed by atoms with Crippen LogP contribution in [0.5, 0.6) is 11.5 Å². The summed E-state index contributed by atoms with van der Waals surface area (Å²) in [6.07, 6.45) is 3.49. The predicted octanol–water partition coefficient (Wildman–Crippen LogP) is 2.04. The van der Waals surface area contributed by atoms with Crippen LogP contribution >= 0.6 is 0 Å². The SMILES string of the molecule is CCCCCNC(=O)N1CC(=NOC)C[C@H]1C(=O)N1CCN(Cc2ccc3c(c2)OCO3)CC1. The summed E-state index contributed by atoms with van der Waals surface area (Å²) < 4.78 is 10.9. The van der Waals surface area contributed by atoms with Crippen LogP contribution in [0.2, 0.25) is 0 Å². The van der Waals surface area contributed by atoms with Gasteiger partial charge in [-0.25, -0.2) is 4.79 Å². The molecule has 2 saturated heterocycles. The van der Waals surface area contributed by atoms with E-state index in [0.717, 1.165) is 56.0 Å². The van der Waals surface area contributed by atoms with E-state index in [2.05, 4.69) is 28.4 Å². The molecule has 0 saturated carbocycles. The average molecular weight is 474 g/mol. The minimum absolute atomic E-state index is 0.0206. The van der Waals surface area contributed by atoms with Crippen molar-refractivity contribution in [1.82, 2.24) is 20.0 Å². The number of amides is 3. The number of oxime groups is 1. The average Bonchev–Trinajstić information content (AvgIpc) is 3.49. The number of fused-ring (bicyclic) bond motifs is 1. The summed E-state index contributed by atoms with van der Waals surface area (Å²) in [4.78, 5) is 36.9. The molecule has 0 spiro atoms. The van der Waals surface area contributed by atoms with Crippen molar-refractivity contribution in [1.29, 1.82) is 0 Å². The lowest BCUT2D eigenvalue weighted by Gasteiger charge is -2.37. The first-order chi connectivity index (χ1) is 16.6. The van der Waals surface area contributed by atoms with Crippen molar-refractivity contribution in [2.45, 2.75) is 45.2 Å². The lowest BCUT2D eigenvalue weighted by Crippen LogP contribution is -2.55. The normalized spacial score (nSPS) is 21.2. The number of urea groups is 1. The molecule has 1 aromatic rings. The Morgan fingerprint density at radius 1 is 1.15 bits per heavy atom. The number of unbranched alkanes of at least 4 members (excludes halogenated alkanes) is 2. The Labute approximate surface area is 200 Å². The van der Waals surface area contributed by atoms with Crippen molar-refractivity contribution in [3.63, 3.8) is 0 Å². The molecule has 0 aromatic heterocycles. The van der Waals surface area contributed by atoms with E-state index in [9.17, 15) is 9.59 Å². The van der Waals surface area contributed by atoms with Gasteiger partial charge in [-0.3, -0.25) is 9.69 Å². The summed E-state index contributed by atoms with van der Waals surface area (Å²) >= 11 is 0. The van der Waals surface area contributed by atoms with Gasteiger partial charge in [0.1, 0.15) is 13.2 Å². The van der Waals surface area contributed by atoms with E-state index < -0.39 is 6.04 Å². The lowest BCUT2D eigenvalue weighted by atomic mass is 10.1. The molecular formula is C24H35N5O5. The molecule has 10 nitrogen and oxygen atoms in total. The molecule has 2 fully saturated rings. The van der Waals surface area contributed by atoms with Crippen molar-refractivity contribution in [3.8, 4) is 11.5 Å². The second-order valence-electron chi connectivity index (χ2n) is 8.92. The van der Waals surface area contributed by atoms with E-state index in [0.29, 0.717) is 38.3 Å². The number of benzene rings is 1. The van der Waals surface area contributed by atoms with Gasteiger partial charge in [-0.15, -0.1) is 0 Å². The Balaban J connectivity index is 1.31. The van der Waals surface area contributed by atoms with Gasteiger partial charge in [-0.05, 0) is 24.1 Å². The van der Waals surface area contributed by atoms with Crippen LogP contribution in [0.4, 0.5) is 4.79 Å². The number of carbonyl (C=O) groups is 2. The third kappa shape index (κ3) is 5.72. The molecule has 34 heavy (non-hydrogen) atoms. The summed E-state index contributed by atoms with van der Waals surface area (Å²) in [6, 6.07) is 5.26. The first-order valence-corrected chi connectivity index (χ1v) is 12.1. The van der Waals surface area contributed by atoms with Gasteiger partial charge in [0.05, 0.1) is 12.3 Å². The number of rotatable bonds is 8. The smallest absolute Gasteiger partial charge is 0.318 e. The molecule has 1 aromatic carbocycles. The van der Waals surface area contributed by atoms with Gasteiger partial charge in [0.25, 0.3) is 0 Å². The molecular weight excluding hydrogens is 438 g/mol. The Kier molecular flexibility index (Phi) is 8.10. The van der Waals surface area contributed by atoms with Crippen LogP contribution in [0, 0.1) is 0 Å². The summed E-state index contributed by atoms with van der Waals surface area (Å²) in [6.45, 7) is 6.91. The summed E-state index contributed by atoms with van der Waals surface area (Å²) in [5, 5.41) is 6.98. The van der Waals surface area contributed by atoms with Crippen LogP contribution < -0.4 is 14.8 Å². The predicted molar refractivity (Wildman–Crippen MR) is 127 cm³/mol. The topological polar surface area (TPSA) is 95.9 Å². The Bertz CT molecular complexity index is 900. The van der Waals surface area contributed by atoms with Crippen molar-refractivity contribution in [2.75, 3.05) is 53.2 Å². The van der Waals surface area contributed by atoms with Crippen molar-refractivity contribution < 1.29 is 23.9 Å². The first kappa shape index (κ1) is 24.1. The highest BCUT2D eigenvalue weighted by molar-refractivity contribution is 6.00. The van der Waals surface area contributed by atoms with Crippen molar-refractivity contribution in [2.24, 2.45) is 5.16 Å². The monoisotopic (exact) mass is 473 g/mol. The maximum Gasteiger partial charge on any atom is 0.318 e. The number of hydrogen-bond donors (Lipinski definition) is 1. The highest BCUT2D eigenvalue weighted by Gasteiger charge is 2.40. The molecule has 1 N–H and O–H groups in total. The van der Waals surface area contributed by atoms with Crippen LogP contribution in [0.25, 0.3) is 0 Å². The van der Waals surface area contributed by atoms with Gasteiger partial charge < -0.3 is 29.4 Å². The number of nitrogens with one attached hydrogen (secondary N) is 1. The van der Waals surface area contributed by atoms with Gasteiger partial charge in [0, 0.05) is 45.7 Å². The Morgan fingerprint density at radius 3 is 2.71 bits per heavy atom. The summed E-state index contributed by atoms with van der Waals surface area (Å²) in [7, 11) is 1.48. The fraction of sp³-hybridized carbons (Fsp3) is 0.625. The zero-order valence-electron chi connectivity index (χ0n) is 20.1. The molecule has 3 aliphatic heterocycles. The van der Waals surface area contributed by atoms with Crippen LogP contribution in [0.1, 0.15) is 38.2 Å². The third-order valence-electron chi connectivity index (χ3n) is 6.51.